The molecule has 6 heteroatoms. The Bertz CT molecular complexity index is 646. The highest BCUT2D eigenvalue weighted by molar-refractivity contribution is 6.85. The summed E-state index contributed by atoms with van der Waals surface area (Å²) in [6.07, 6.45) is 2.87. The first kappa shape index (κ1) is 24.1. The lowest BCUT2D eigenvalue weighted by atomic mass is 10.0. The normalized spacial score (nSPS) is 15.1. The molecule has 2 atom stereocenters. The summed E-state index contributed by atoms with van der Waals surface area (Å²) < 4.78 is 10.5. The van der Waals surface area contributed by atoms with Crippen molar-refractivity contribution in [1.29, 1.82) is 0 Å². The Hall–Kier alpha value is -1.92. The molecule has 0 aromatic heterocycles. The molecule has 0 aliphatic carbocycles. The van der Waals surface area contributed by atoms with Crippen molar-refractivity contribution >= 4 is 20.0 Å². The van der Waals surface area contributed by atoms with E-state index in [0.717, 1.165) is 23.7 Å². The number of rotatable bonds is 11. The third-order valence-corrected chi connectivity index (χ3v) is 12.2. The fourth-order valence-electron chi connectivity index (χ4n) is 3.83. The molecular weight excluding hydrogens is 372 g/mol. The van der Waals surface area contributed by atoms with Gasteiger partial charge in [-0.1, -0.05) is 82.2 Å². The molecule has 0 heterocycles. The van der Waals surface area contributed by atoms with Gasteiger partial charge in [-0.2, -0.15) is 0 Å². The lowest BCUT2D eigenvalue weighted by Crippen LogP contribution is -2.66. The van der Waals surface area contributed by atoms with E-state index in [0.29, 0.717) is 0 Å². The van der Waals surface area contributed by atoms with E-state index in [2.05, 4.69) is 0 Å². The molecule has 0 saturated carbocycles. The molecule has 0 spiro atoms. The summed E-state index contributed by atoms with van der Waals surface area (Å²) in [5, 5.41) is 10.1. The topological polar surface area (TPSA) is 72.8 Å². The maximum Gasteiger partial charge on any atom is 0.335 e. The van der Waals surface area contributed by atoms with E-state index in [1.165, 1.54) is 6.08 Å². The number of hydrogen-bond donors (Lipinski definition) is 1. The predicted octanol–water partition coefficient (Wildman–Crippen LogP) is 4.26. The highest BCUT2D eigenvalue weighted by Gasteiger charge is 2.57. The number of carbonyl (C=O) groups is 2. The van der Waals surface area contributed by atoms with Crippen LogP contribution in [0.5, 0.6) is 0 Å². The number of esters is 2. The van der Waals surface area contributed by atoms with E-state index in [9.17, 15) is 14.7 Å². The summed E-state index contributed by atoms with van der Waals surface area (Å²) in [5.41, 5.74) is 0.865. The number of benzene rings is 1. The van der Waals surface area contributed by atoms with Crippen molar-refractivity contribution in [3.05, 3.63) is 48.0 Å². The van der Waals surface area contributed by atoms with Gasteiger partial charge in [0.15, 0.2) is 5.22 Å². The van der Waals surface area contributed by atoms with E-state index in [-0.39, 0.29) is 13.2 Å². The molecule has 1 rings (SSSR count). The summed E-state index contributed by atoms with van der Waals surface area (Å²) in [7, 11) is -2.45. The van der Waals surface area contributed by atoms with Crippen LogP contribution < -0.4 is 0 Å². The van der Waals surface area contributed by atoms with Gasteiger partial charge in [-0.3, -0.25) is 0 Å². The lowest BCUT2D eigenvalue weighted by molar-refractivity contribution is -0.162. The van der Waals surface area contributed by atoms with Crippen molar-refractivity contribution < 1.29 is 24.2 Å². The van der Waals surface area contributed by atoms with E-state index in [4.69, 9.17) is 9.47 Å². The van der Waals surface area contributed by atoms with Gasteiger partial charge in [0.05, 0.1) is 6.61 Å². The fourth-order valence-corrected chi connectivity index (χ4v) is 8.51. The number of carbonyl (C=O) groups excluding carboxylic acids is 2. The minimum absolute atomic E-state index is 0.109. The molecule has 0 radical (unpaired) electrons. The molecule has 0 aliphatic rings. The summed E-state index contributed by atoms with van der Waals surface area (Å²) in [6.45, 7) is 9.96. The van der Waals surface area contributed by atoms with E-state index < -0.39 is 31.2 Å². The molecule has 0 aliphatic heterocycles. The van der Waals surface area contributed by atoms with Gasteiger partial charge in [0.1, 0.15) is 14.7 Å². The largest absolute Gasteiger partial charge is 0.463 e. The summed E-state index contributed by atoms with van der Waals surface area (Å²) in [6, 6.07) is 11.6. The first-order valence-electron chi connectivity index (χ1n) is 10.1. The molecule has 0 amide bonds. The highest BCUT2D eigenvalue weighted by Crippen LogP contribution is 2.39. The van der Waals surface area contributed by atoms with Gasteiger partial charge in [0.2, 0.25) is 0 Å². The maximum absolute atomic E-state index is 13.2. The molecule has 1 aromatic carbocycles. The zero-order valence-electron chi connectivity index (χ0n) is 17.7. The summed E-state index contributed by atoms with van der Waals surface area (Å²) in [5.74, 6) is -1.65. The van der Waals surface area contributed by atoms with Crippen molar-refractivity contribution in [2.45, 2.75) is 64.6 Å². The van der Waals surface area contributed by atoms with Gasteiger partial charge in [0.25, 0.3) is 0 Å². The van der Waals surface area contributed by atoms with Crippen LogP contribution in [0.3, 0.4) is 0 Å². The molecule has 0 fully saturated rings. The van der Waals surface area contributed by atoms with Crippen LogP contribution in [-0.4, -0.2) is 37.0 Å². The second-order valence-electron chi connectivity index (χ2n) is 7.07. The van der Waals surface area contributed by atoms with Gasteiger partial charge in [0, 0.05) is 12.0 Å². The van der Waals surface area contributed by atoms with Gasteiger partial charge in [-0.15, -0.1) is 0 Å². The van der Waals surface area contributed by atoms with Crippen molar-refractivity contribution in [3.8, 4) is 0 Å². The minimum atomic E-state index is -2.45. The summed E-state index contributed by atoms with van der Waals surface area (Å²) >= 11 is 0. The van der Waals surface area contributed by atoms with Crippen LogP contribution in [0.4, 0.5) is 0 Å². The first-order chi connectivity index (χ1) is 13.3. The maximum atomic E-state index is 13.2. The molecule has 0 saturated heterocycles. The van der Waals surface area contributed by atoms with Crippen molar-refractivity contribution in [2.24, 2.45) is 5.92 Å². The SMILES string of the molecule is CCOC(=O)/C=C/[C@@H](C)[C@](O)(C(=O)OCc1ccccc1)[Si](CC)(CC)CC. The Balaban J connectivity index is 3.18. The molecule has 0 unspecified atom stereocenters. The minimum Gasteiger partial charge on any atom is -0.463 e. The van der Waals surface area contributed by atoms with Crippen LogP contribution in [0.15, 0.2) is 42.5 Å². The van der Waals surface area contributed by atoms with Crippen LogP contribution in [0.1, 0.15) is 40.2 Å². The molecule has 1 N–H and O–H groups in total. The van der Waals surface area contributed by atoms with E-state index in [1.54, 1.807) is 19.9 Å². The molecule has 156 valence electrons. The van der Waals surface area contributed by atoms with Crippen LogP contribution >= 0.6 is 0 Å². The molecule has 28 heavy (non-hydrogen) atoms. The Labute approximate surface area is 169 Å². The number of aliphatic hydroxyl groups is 1. The van der Waals surface area contributed by atoms with Crippen LogP contribution in [0, 0.1) is 5.92 Å². The third kappa shape index (κ3) is 5.32. The molecule has 1 aromatic rings. The Morgan fingerprint density at radius 3 is 2.14 bits per heavy atom. The Morgan fingerprint density at radius 1 is 1.07 bits per heavy atom. The van der Waals surface area contributed by atoms with Gasteiger partial charge < -0.3 is 14.6 Å². The Morgan fingerprint density at radius 2 is 1.64 bits per heavy atom. The van der Waals surface area contributed by atoms with Gasteiger partial charge in [-0.25, -0.2) is 9.59 Å². The van der Waals surface area contributed by atoms with Crippen molar-refractivity contribution in [3.63, 3.8) is 0 Å². The lowest BCUT2D eigenvalue weighted by Gasteiger charge is -2.45. The Kier molecular flexibility index (Phi) is 9.62. The van der Waals surface area contributed by atoms with Gasteiger partial charge in [-0.05, 0) is 12.5 Å². The highest BCUT2D eigenvalue weighted by atomic mass is 28.3. The molecule has 5 nitrogen and oxygen atoms in total. The average Bonchev–Trinajstić information content (AvgIpc) is 2.72. The predicted molar refractivity (Wildman–Crippen MR) is 113 cm³/mol. The van der Waals surface area contributed by atoms with Gasteiger partial charge >= 0.3 is 11.9 Å². The second kappa shape index (κ2) is 11.2. The first-order valence-corrected chi connectivity index (χ1v) is 12.7. The summed E-state index contributed by atoms with van der Waals surface area (Å²) in [4.78, 5) is 24.9. The number of hydrogen-bond acceptors (Lipinski definition) is 5. The van der Waals surface area contributed by atoms with E-state index in [1.807, 2.05) is 51.1 Å². The van der Waals surface area contributed by atoms with Crippen LogP contribution in [0.2, 0.25) is 18.1 Å². The van der Waals surface area contributed by atoms with Crippen molar-refractivity contribution in [1.82, 2.24) is 0 Å². The number of ether oxygens (including phenoxy) is 2. The van der Waals surface area contributed by atoms with E-state index >= 15 is 0 Å². The molecular formula is C22H34O5Si. The average molecular weight is 407 g/mol. The zero-order valence-corrected chi connectivity index (χ0v) is 18.7. The zero-order chi connectivity index (χ0) is 21.2. The molecule has 0 bridgehead atoms. The van der Waals surface area contributed by atoms with Crippen molar-refractivity contribution in [2.75, 3.05) is 6.61 Å². The third-order valence-electron chi connectivity index (χ3n) is 5.83. The van der Waals surface area contributed by atoms with Crippen LogP contribution in [-0.2, 0) is 25.7 Å². The smallest absolute Gasteiger partial charge is 0.335 e. The quantitative estimate of drug-likeness (QED) is 0.338. The fraction of sp³-hybridized carbons (Fsp3) is 0.545. The van der Waals surface area contributed by atoms with Crippen LogP contribution in [0.25, 0.3) is 0 Å². The second-order valence-corrected chi connectivity index (χ2v) is 12.5. The monoisotopic (exact) mass is 406 g/mol. The standard InChI is InChI=1S/C22H34O5Si/c1-6-26-20(23)16-15-18(5)22(25,28(7-2,8-3)9-4)21(24)27-17-19-13-11-10-12-14-19/h10-16,18,25H,6-9,17H2,1-5H3/b16-15+/t18-,22-/m1/s1.